The van der Waals surface area contributed by atoms with E-state index in [4.69, 9.17) is 9.84 Å². The van der Waals surface area contributed by atoms with Gasteiger partial charge in [-0.2, -0.15) is 0 Å². The average Bonchev–Trinajstić information content (AvgIpc) is 2.76. The van der Waals surface area contributed by atoms with Gasteiger partial charge in [-0.25, -0.2) is 8.42 Å². The molecule has 0 aromatic heterocycles. The molecule has 7 heteroatoms. The molecule has 31 heavy (non-hydrogen) atoms. The first-order valence-corrected chi connectivity index (χ1v) is 11.9. The van der Waals surface area contributed by atoms with Crippen molar-refractivity contribution in [1.29, 1.82) is 0 Å². The average molecular weight is 448 g/mol. The van der Waals surface area contributed by atoms with Gasteiger partial charge in [0, 0.05) is 0 Å². The Morgan fingerprint density at radius 1 is 1.10 bits per heavy atom. The highest BCUT2D eigenvalue weighted by atomic mass is 32.2. The molecule has 0 saturated heterocycles. The van der Waals surface area contributed by atoms with E-state index in [9.17, 15) is 17.8 Å². The summed E-state index contributed by atoms with van der Waals surface area (Å²) >= 11 is 0. The van der Waals surface area contributed by atoms with Crippen molar-refractivity contribution in [3.8, 4) is 0 Å². The molecule has 2 aromatic carbocycles. The maximum atomic E-state index is 12.7. The summed E-state index contributed by atoms with van der Waals surface area (Å²) in [7, 11) is -4.52. The number of rotatable bonds is 11. The van der Waals surface area contributed by atoms with Crippen molar-refractivity contribution in [3.63, 3.8) is 0 Å². The molecule has 3 atom stereocenters. The van der Waals surface area contributed by atoms with Gasteiger partial charge in [0.2, 0.25) is 0 Å². The number of benzene rings is 2. The van der Waals surface area contributed by atoms with Crippen LogP contribution in [-0.4, -0.2) is 37.3 Å². The molecule has 0 aliphatic heterocycles. The van der Waals surface area contributed by atoms with Gasteiger partial charge in [-0.1, -0.05) is 56.3 Å². The second-order valence-corrected chi connectivity index (χ2v) is 9.63. The molecule has 2 aromatic rings. The fraction of sp³-hybridized carbons (Fsp3) is 0.458. The van der Waals surface area contributed by atoms with Crippen LogP contribution in [0, 0.1) is 5.41 Å². The standard InChI is InChI=1S/C24H32O6S/c1-4-24(3,23(26)30-15-14-25)17-21(16-18(2)19-8-6-5-7-9-19)20-10-12-22(13-11-20)31(27,28)29/h5-13,18,21,25H,4,14-17H2,1-3H3,(H,27,28,29)/p-1. The van der Waals surface area contributed by atoms with Crippen LogP contribution in [0.1, 0.15) is 63.0 Å². The Balaban J connectivity index is 2.35. The minimum atomic E-state index is -4.52. The Kier molecular flexibility index (Phi) is 8.79. The zero-order valence-electron chi connectivity index (χ0n) is 18.3. The number of esters is 1. The number of carbonyl (C=O) groups excluding carboxylic acids is 1. The number of hydrogen-bond acceptors (Lipinski definition) is 6. The maximum absolute atomic E-state index is 12.7. The summed E-state index contributed by atoms with van der Waals surface area (Å²) in [6.45, 7) is 5.61. The van der Waals surface area contributed by atoms with Crippen LogP contribution in [0.2, 0.25) is 0 Å². The first kappa shape index (κ1) is 25.0. The summed E-state index contributed by atoms with van der Waals surface area (Å²) in [5.41, 5.74) is 1.27. The SMILES string of the molecule is CCC(C)(CC(CC(C)c1ccccc1)c1ccc(S(=O)(=O)[O-])cc1)C(=O)OCCO. The van der Waals surface area contributed by atoms with Crippen molar-refractivity contribution in [2.24, 2.45) is 5.41 Å². The van der Waals surface area contributed by atoms with Gasteiger partial charge in [0.25, 0.3) is 0 Å². The summed E-state index contributed by atoms with van der Waals surface area (Å²) in [6, 6.07) is 16.0. The van der Waals surface area contributed by atoms with E-state index >= 15 is 0 Å². The lowest BCUT2D eigenvalue weighted by Gasteiger charge is -2.32. The first-order valence-electron chi connectivity index (χ1n) is 10.5. The molecular formula is C24H31O6S-. The number of carbonyl (C=O) groups is 1. The fourth-order valence-corrected chi connectivity index (χ4v) is 4.29. The van der Waals surface area contributed by atoms with Crippen LogP contribution in [0.3, 0.4) is 0 Å². The van der Waals surface area contributed by atoms with Crippen molar-refractivity contribution >= 4 is 16.1 Å². The summed E-state index contributed by atoms with van der Waals surface area (Å²) in [5, 5.41) is 9.00. The van der Waals surface area contributed by atoms with Gasteiger partial charge in [0.05, 0.1) is 16.9 Å². The van der Waals surface area contributed by atoms with E-state index in [0.29, 0.717) is 12.8 Å². The van der Waals surface area contributed by atoms with E-state index in [1.165, 1.54) is 17.7 Å². The smallest absolute Gasteiger partial charge is 0.311 e. The lowest BCUT2D eigenvalue weighted by Crippen LogP contribution is -2.32. The molecule has 0 fully saturated rings. The molecule has 0 radical (unpaired) electrons. The molecule has 3 unspecified atom stereocenters. The zero-order valence-corrected chi connectivity index (χ0v) is 19.1. The predicted octanol–water partition coefficient (Wildman–Crippen LogP) is 4.21. The highest BCUT2D eigenvalue weighted by Crippen LogP contribution is 2.41. The van der Waals surface area contributed by atoms with E-state index in [1.807, 2.05) is 32.0 Å². The highest BCUT2D eigenvalue weighted by Gasteiger charge is 2.36. The second-order valence-electron chi connectivity index (χ2n) is 8.25. The molecule has 0 amide bonds. The highest BCUT2D eigenvalue weighted by molar-refractivity contribution is 7.85. The van der Waals surface area contributed by atoms with Crippen molar-refractivity contribution in [3.05, 3.63) is 65.7 Å². The zero-order chi connectivity index (χ0) is 23.1. The van der Waals surface area contributed by atoms with Gasteiger partial charge in [-0.05, 0) is 61.3 Å². The van der Waals surface area contributed by atoms with E-state index in [-0.39, 0.29) is 35.9 Å². The Bertz CT molecular complexity index is 940. The Hall–Kier alpha value is -2.22. The molecule has 0 spiro atoms. The number of aliphatic hydroxyl groups is 1. The normalized spacial score (nSPS) is 15.6. The van der Waals surface area contributed by atoms with Gasteiger partial charge in [-0.3, -0.25) is 4.79 Å². The molecule has 1 N–H and O–H groups in total. The number of ether oxygens (including phenoxy) is 1. The van der Waals surface area contributed by atoms with E-state index in [2.05, 4.69) is 19.1 Å². The molecule has 0 aliphatic carbocycles. The molecule has 0 saturated carbocycles. The van der Waals surface area contributed by atoms with Crippen LogP contribution in [0.4, 0.5) is 0 Å². The lowest BCUT2D eigenvalue weighted by atomic mass is 9.73. The third-order valence-corrected chi connectivity index (χ3v) is 6.79. The molecule has 2 rings (SSSR count). The van der Waals surface area contributed by atoms with Crippen LogP contribution in [-0.2, 0) is 19.6 Å². The third kappa shape index (κ3) is 6.89. The number of aliphatic hydroxyl groups excluding tert-OH is 1. The minimum Gasteiger partial charge on any atom is -0.744 e. The summed E-state index contributed by atoms with van der Waals surface area (Å²) in [6.07, 6.45) is 1.78. The molecule has 0 aliphatic rings. The largest absolute Gasteiger partial charge is 0.744 e. The lowest BCUT2D eigenvalue weighted by molar-refractivity contribution is -0.157. The van der Waals surface area contributed by atoms with Crippen LogP contribution in [0.15, 0.2) is 59.5 Å². The van der Waals surface area contributed by atoms with Gasteiger partial charge in [0.1, 0.15) is 16.7 Å². The van der Waals surface area contributed by atoms with Crippen LogP contribution in [0.5, 0.6) is 0 Å². The van der Waals surface area contributed by atoms with Gasteiger partial charge >= 0.3 is 5.97 Å². The number of hydrogen-bond donors (Lipinski definition) is 1. The Morgan fingerprint density at radius 3 is 2.23 bits per heavy atom. The van der Waals surface area contributed by atoms with E-state index in [1.54, 1.807) is 12.1 Å². The van der Waals surface area contributed by atoms with Crippen molar-refractivity contribution in [1.82, 2.24) is 0 Å². The fourth-order valence-electron chi connectivity index (χ4n) is 3.82. The van der Waals surface area contributed by atoms with E-state index in [0.717, 1.165) is 12.0 Å². The van der Waals surface area contributed by atoms with Gasteiger partial charge in [0.15, 0.2) is 0 Å². The monoisotopic (exact) mass is 447 g/mol. The van der Waals surface area contributed by atoms with E-state index < -0.39 is 15.5 Å². The van der Waals surface area contributed by atoms with Gasteiger partial charge in [-0.15, -0.1) is 0 Å². The first-order chi connectivity index (χ1) is 14.6. The topological polar surface area (TPSA) is 104 Å². The van der Waals surface area contributed by atoms with Crippen molar-refractivity contribution in [2.45, 2.75) is 56.8 Å². The minimum absolute atomic E-state index is 0.0461. The third-order valence-electron chi connectivity index (χ3n) is 5.94. The summed E-state index contributed by atoms with van der Waals surface area (Å²) in [5.74, 6) is -0.228. The molecule has 0 bridgehead atoms. The summed E-state index contributed by atoms with van der Waals surface area (Å²) in [4.78, 5) is 12.4. The van der Waals surface area contributed by atoms with Crippen molar-refractivity contribution < 1.29 is 27.6 Å². The predicted molar refractivity (Wildman–Crippen MR) is 118 cm³/mol. The molecule has 170 valence electrons. The van der Waals surface area contributed by atoms with Crippen molar-refractivity contribution in [2.75, 3.05) is 13.2 Å². The Morgan fingerprint density at radius 2 is 1.71 bits per heavy atom. The maximum Gasteiger partial charge on any atom is 0.311 e. The van der Waals surface area contributed by atoms with Crippen LogP contribution in [0.25, 0.3) is 0 Å². The molecule has 6 nitrogen and oxygen atoms in total. The van der Waals surface area contributed by atoms with Crippen LogP contribution < -0.4 is 0 Å². The van der Waals surface area contributed by atoms with Crippen LogP contribution >= 0.6 is 0 Å². The second kappa shape index (κ2) is 10.9. The Labute approximate surface area is 185 Å². The molecule has 0 heterocycles. The van der Waals surface area contributed by atoms with Gasteiger partial charge < -0.3 is 14.4 Å². The molecular weight excluding hydrogens is 416 g/mol. The quantitative estimate of drug-likeness (QED) is 0.409. The summed E-state index contributed by atoms with van der Waals surface area (Å²) < 4.78 is 39.1.